The van der Waals surface area contributed by atoms with Gasteiger partial charge < -0.3 is 9.64 Å². The second-order valence-corrected chi connectivity index (χ2v) is 6.28. The van der Waals surface area contributed by atoms with E-state index >= 15 is 0 Å². The monoisotopic (exact) mass is 275 g/mol. The Hall–Kier alpha value is 0.400. The summed E-state index contributed by atoms with van der Waals surface area (Å²) in [6.45, 7) is 8.13. The van der Waals surface area contributed by atoms with E-state index in [1.807, 2.05) is 0 Å². The van der Waals surface area contributed by atoms with E-state index in [0.29, 0.717) is 4.83 Å². The highest BCUT2D eigenvalue weighted by Gasteiger charge is 2.24. The molecule has 15 heavy (non-hydrogen) atoms. The molecule has 2 heterocycles. The van der Waals surface area contributed by atoms with Gasteiger partial charge in [-0.1, -0.05) is 22.9 Å². The molecule has 0 radical (unpaired) electrons. The van der Waals surface area contributed by atoms with Gasteiger partial charge in [0.05, 0.1) is 0 Å². The second-order valence-electron chi connectivity index (χ2n) is 5.10. The third kappa shape index (κ3) is 3.43. The van der Waals surface area contributed by atoms with Crippen LogP contribution in [0.5, 0.6) is 0 Å². The average Bonchev–Trinajstić information content (AvgIpc) is 2.73. The van der Waals surface area contributed by atoms with Crippen molar-refractivity contribution in [1.82, 2.24) is 4.90 Å². The summed E-state index contributed by atoms with van der Waals surface area (Å²) in [5, 5.41) is 0. The highest BCUT2D eigenvalue weighted by atomic mass is 79.9. The lowest BCUT2D eigenvalue weighted by molar-refractivity contribution is 0.166. The molecule has 0 bridgehead atoms. The average molecular weight is 276 g/mol. The Kier molecular flexibility index (Phi) is 4.47. The van der Waals surface area contributed by atoms with Gasteiger partial charge in [-0.05, 0) is 44.2 Å². The Morgan fingerprint density at radius 3 is 2.93 bits per heavy atom. The molecule has 2 nitrogen and oxygen atoms in total. The van der Waals surface area contributed by atoms with E-state index in [1.54, 1.807) is 0 Å². The van der Waals surface area contributed by atoms with Gasteiger partial charge in [0.15, 0.2) is 0 Å². The van der Waals surface area contributed by atoms with Crippen LogP contribution in [0.2, 0.25) is 0 Å². The molecule has 3 atom stereocenters. The van der Waals surface area contributed by atoms with Crippen LogP contribution in [0.4, 0.5) is 0 Å². The van der Waals surface area contributed by atoms with Gasteiger partial charge in [-0.25, -0.2) is 0 Å². The van der Waals surface area contributed by atoms with Gasteiger partial charge in [-0.15, -0.1) is 0 Å². The first kappa shape index (κ1) is 11.9. The number of rotatable bonds is 3. The molecule has 0 aromatic heterocycles. The van der Waals surface area contributed by atoms with Crippen LogP contribution < -0.4 is 0 Å². The van der Waals surface area contributed by atoms with Gasteiger partial charge in [0.1, 0.15) is 0 Å². The third-order valence-electron chi connectivity index (χ3n) is 3.83. The maximum absolute atomic E-state index is 5.41. The van der Waals surface area contributed by atoms with Gasteiger partial charge in [-0.2, -0.15) is 0 Å². The Morgan fingerprint density at radius 2 is 2.27 bits per heavy atom. The van der Waals surface area contributed by atoms with Crippen molar-refractivity contribution < 1.29 is 4.74 Å². The fourth-order valence-corrected chi connectivity index (χ4v) is 3.14. The predicted octanol–water partition coefficient (Wildman–Crippen LogP) is 2.52. The summed E-state index contributed by atoms with van der Waals surface area (Å²) < 4.78 is 5.41. The fraction of sp³-hybridized carbons (Fsp3) is 1.00. The molecule has 0 N–H and O–H groups in total. The molecule has 0 aromatic carbocycles. The number of piperidine rings is 1. The van der Waals surface area contributed by atoms with Crippen molar-refractivity contribution in [2.45, 2.75) is 31.0 Å². The van der Waals surface area contributed by atoms with E-state index < -0.39 is 0 Å². The maximum Gasteiger partial charge on any atom is 0.0495 e. The van der Waals surface area contributed by atoms with Crippen LogP contribution in [0.3, 0.4) is 0 Å². The number of hydrogen-bond acceptors (Lipinski definition) is 2. The molecule has 2 rings (SSSR count). The molecule has 0 aliphatic carbocycles. The zero-order chi connectivity index (χ0) is 10.7. The highest BCUT2D eigenvalue weighted by Crippen LogP contribution is 2.24. The lowest BCUT2D eigenvalue weighted by Gasteiger charge is -2.34. The van der Waals surface area contributed by atoms with E-state index in [1.165, 1.54) is 38.9 Å². The third-order valence-corrected chi connectivity index (χ3v) is 5.02. The molecule has 0 aromatic rings. The van der Waals surface area contributed by atoms with Crippen molar-refractivity contribution >= 4 is 15.9 Å². The lowest BCUT2D eigenvalue weighted by atomic mass is 9.98. The van der Waals surface area contributed by atoms with Crippen molar-refractivity contribution in [3.8, 4) is 0 Å². The van der Waals surface area contributed by atoms with Crippen molar-refractivity contribution in [3.63, 3.8) is 0 Å². The highest BCUT2D eigenvalue weighted by molar-refractivity contribution is 9.09. The summed E-state index contributed by atoms with van der Waals surface area (Å²) in [4.78, 5) is 3.31. The van der Waals surface area contributed by atoms with Gasteiger partial charge in [-0.3, -0.25) is 0 Å². The van der Waals surface area contributed by atoms with Crippen molar-refractivity contribution in [2.75, 3.05) is 32.8 Å². The summed E-state index contributed by atoms with van der Waals surface area (Å²) in [6.07, 6.45) is 3.95. The summed E-state index contributed by atoms with van der Waals surface area (Å²) in [6, 6.07) is 0. The Bertz CT molecular complexity index is 194. The minimum atomic E-state index is 0.700. The number of alkyl halides is 1. The minimum Gasteiger partial charge on any atom is -0.381 e. The molecule has 0 spiro atoms. The van der Waals surface area contributed by atoms with Crippen molar-refractivity contribution in [1.29, 1.82) is 0 Å². The van der Waals surface area contributed by atoms with E-state index in [9.17, 15) is 0 Å². The first-order chi connectivity index (χ1) is 7.25. The molecular formula is C12H22BrNO. The largest absolute Gasteiger partial charge is 0.381 e. The van der Waals surface area contributed by atoms with Crippen LogP contribution in [0.15, 0.2) is 0 Å². The molecule has 0 saturated carbocycles. The smallest absolute Gasteiger partial charge is 0.0495 e. The molecular weight excluding hydrogens is 254 g/mol. The van der Waals surface area contributed by atoms with Crippen molar-refractivity contribution in [3.05, 3.63) is 0 Å². The SMILES string of the molecule is CC1CCN(CCC2CCOC2)CC1Br. The number of ether oxygens (including phenoxy) is 1. The van der Waals surface area contributed by atoms with Crippen LogP contribution in [0.25, 0.3) is 0 Å². The van der Waals surface area contributed by atoms with Crippen LogP contribution in [-0.4, -0.2) is 42.6 Å². The molecule has 2 aliphatic rings. The topological polar surface area (TPSA) is 12.5 Å². The van der Waals surface area contributed by atoms with Crippen LogP contribution in [0, 0.1) is 11.8 Å². The predicted molar refractivity (Wildman–Crippen MR) is 66.5 cm³/mol. The zero-order valence-electron chi connectivity index (χ0n) is 9.62. The van der Waals surface area contributed by atoms with Gasteiger partial charge in [0.2, 0.25) is 0 Å². The summed E-state index contributed by atoms with van der Waals surface area (Å²) in [5.41, 5.74) is 0. The standard InChI is InChI=1S/C12H22BrNO/c1-10-2-5-14(8-12(10)13)6-3-11-4-7-15-9-11/h10-12H,2-9H2,1H3. The summed E-state index contributed by atoms with van der Waals surface area (Å²) in [5.74, 6) is 1.68. The lowest BCUT2D eigenvalue weighted by Crippen LogP contribution is -2.40. The molecule has 2 saturated heterocycles. The Balaban J connectivity index is 1.66. The van der Waals surface area contributed by atoms with Crippen LogP contribution in [0.1, 0.15) is 26.2 Å². The van der Waals surface area contributed by atoms with Gasteiger partial charge in [0, 0.05) is 24.6 Å². The van der Waals surface area contributed by atoms with E-state index in [-0.39, 0.29) is 0 Å². The number of nitrogens with zero attached hydrogens (tertiary/aromatic N) is 1. The van der Waals surface area contributed by atoms with E-state index in [0.717, 1.165) is 25.0 Å². The molecule has 0 amide bonds. The second kappa shape index (κ2) is 5.65. The summed E-state index contributed by atoms with van der Waals surface area (Å²) >= 11 is 3.78. The quantitative estimate of drug-likeness (QED) is 0.734. The fourth-order valence-electron chi connectivity index (χ4n) is 2.46. The summed E-state index contributed by atoms with van der Waals surface area (Å²) in [7, 11) is 0. The molecule has 2 fully saturated rings. The first-order valence-electron chi connectivity index (χ1n) is 6.20. The van der Waals surface area contributed by atoms with E-state index in [4.69, 9.17) is 4.74 Å². The number of hydrogen-bond donors (Lipinski definition) is 0. The number of likely N-dealkylation sites (tertiary alicyclic amines) is 1. The van der Waals surface area contributed by atoms with Gasteiger partial charge >= 0.3 is 0 Å². The van der Waals surface area contributed by atoms with E-state index in [2.05, 4.69) is 27.8 Å². The number of halogens is 1. The molecule has 88 valence electrons. The molecule has 3 heteroatoms. The van der Waals surface area contributed by atoms with Gasteiger partial charge in [0.25, 0.3) is 0 Å². The van der Waals surface area contributed by atoms with Crippen molar-refractivity contribution in [2.24, 2.45) is 11.8 Å². The Morgan fingerprint density at radius 1 is 1.40 bits per heavy atom. The first-order valence-corrected chi connectivity index (χ1v) is 7.11. The molecule has 3 unspecified atom stereocenters. The normalized spacial score (nSPS) is 38.4. The zero-order valence-corrected chi connectivity index (χ0v) is 11.2. The minimum absolute atomic E-state index is 0.700. The molecule has 2 aliphatic heterocycles. The maximum atomic E-state index is 5.41. The van der Waals surface area contributed by atoms with Crippen LogP contribution >= 0.6 is 15.9 Å². The Labute approximate surface area is 101 Å². The van der Waals surface area contributed by atoms with Crippen LogP contribution in [-0.2, 0) is 4.74 Å².